The Bertz CT molecular complexity index is 2260. The van der Waals surface area contributed by atoms with Crippen molar-refractivity contribution >= 4 is 45.6 Å². The highest BCUT2D eigenvalue weighted by atomic mass is 33.1. The number of amides is 4. The maximum absolute atomic E-state index is 14.7. The van der Waals surface area contributed by atoms with Gasteiger partial charge in [-0.2, -0.15) is 0 Å². The zero-order valence-corrected chi connectivity index (χ0v) is 40.2. The first kappa shape index (κ1) is 52.1. The summed E-state index contributed by atoms with van der Waals surface area (Å²) < 4.78 is 11.1. The number of phenolic OH excluding ortho intramolecular Hbond substituents is 4. The first-order chi connectivity index (χ1) is 34.0. The molecule has 0 aliphatic carbocycles. The van der Waals surface area contributed by atoms with Crippen molar-refractivity contribution in [2.75, 3.05) is 37.7 Å². The summed E-state index contributed by atoms with van der Waals surface area (Å²) in [5.74, 6) is -0.134. The number of ether oxygens (including phenoxy) is 2. The van der Waals surface area contributed by atoms with Gasteiger partial charge in [-0.25, -0.2) is 9.59 Å². The summed E-state index contributed by atoms with van der Waals surface area (Å²) >= 11 is 0. The first-order valence-electron chi connectivity index (χ1n) is 22.9. The fraction of sp³-hybridized carbons (Fsp3) is 0.259. The predicted octanol–water partition coefficient (Wildman–Crippen LogP) is 8.41. The van der Waals surface area contributed by atoms with E-state index in [1.165, 1.54) is 21.6 Å². The van der Waals surface area contributed by atoms with Crippen LogP contribution in [0.2, 0.25) is 0 Å². The Hall–Kier alpha value is -7.30. The maximum Gasteiger partial charge on any atom is 0.408 e. The number of carbonyl (C=O) groups is 4. The number of phenols is 4. The molecular formula is C54H58N4O10S2. The maximum atomic E-state index is 14.7. The van der Waals surface area contributed by atoms with E-state index in [9.17, 15) is 39.6 Å². The number of carbonyl (C=O) groups excluding carboxylic acids is 4. The second-order valence-electron chi connectivity index (χ2n) is 16.4. The van der Waals surface area contributed by atoms with Crippen molar-refractivity contribution in [2.45, 2.75) is 51.0 Å². The van der Waals surface area contributed by atoms with E-state index < -0.39 is 24.3 Å². The minimum Gasteiger partial charge on any atom is -0.508 e. The molecule has 14 nitrogen and oxygen atoms in total. The van der Waals surface area contributed by atoms with Gasteiger partial charge in [0.05, 0.1) is 0 Å². The molecule has 0 bridgehead atoms. The van der Waals surface area contributed by atoms with Crippen molar-refractivity contribution < 1.29 is 49.1 Å². The quantitative estimate of drug-likeness (QED) is 0.0237. The molecule has 6 N–H and O–H groups in total. The molecule has 0 aliphatic heterocycles. The topological polar surface area (TPSA) is 198 Å². The lowest BCUT2D eigenvalue weighted by atomic mass is 10.1. The summed E-state index contributed by atoms with van der Waals surface area (Å²) in [6.45, 7) is 1.09. The van der Waals surface area contributed by atoms with Crippen LogP contribution in [0.5, 0.6) is 23.0 Å². The van der Waals surface area contributed by atoms with Gasteiger partial charge < -0.3 is 50.3 Å². The van der Waals surface area contributed by atoms with Gasteiger partial charge >= 0.3 is 12.2 Å². The van der Waals surface area contributed by atoms with Crippen molar-refractivity contribution in [3.05, 3.63) is 191 Å². The molecule has 16 heteroatoms. The van der Waals surface area contributed by atoms with Crippen LogP contribution in [0.3, 0.4) is 0 Å². The number of nitrogens with one attached hydrogen (secondary N) is 2. The smallest absolute Gasteiger partial charge is 0.408 e. The third-order valence-electron chi connectivity index (χ3n) is 11.2. The van der Waals surface area contributed by atoms with E-state index in [2.05, 4.69) is 10.6 Å². The minimum absolute atomic E-state index is 0.0211. The molecule has 0 heterocycles. The monoisotopic (exact) mass is 986 g/mol. The van der Waals surface area contributed by atoms with Crippen molar-refractivity contribution in [1.82, 2.24) is 20.4 Å². The Morgan fingerprint density at radius 1 is 0.400 bits per heavy atom. The highest BCUT2D eigenvalue weighted by Crippen LogP contribution is 2.25. The number of rotatable bonds is 25. The Labute approximate surface area is 416 Å². The van der Waals surface area contributed by atoms with Crippen LogP contribution in [-0.4, -0.2) is 104 Å². The average Bonchev–Trinajstić information content (AvgIpc) is 3.38. The average molecular weight is 987 g/mol. The first-order valence-corrected chi connectivity index (χ1v) is 25.3. The van der Waals surface area contributed by atoms with Crippen LogP contribution < -0.4 is 10.6 Å². The van der Waals surface area contributed by atoms with Gasteiger partial charge in [0.2, 0.25) is 11.8 Å². The lowest BCUT2D eigenvalue weighted by Crippen LogP contribution is -2.51. The van der Waals surface area contributed by atoms with Gasteiger partial charge in [0.25, 0.3) is 0 Å². The molecule has 0 spiro atoms. The normalized spacial score (nSPS) is 11.7. The molecule has 70 heavy (non-hydrogen) atoms. The standard InChI is InChI=1S/C54H58N4O10S2/c59-45-19-11-39(12-20-45)27-31-57(32-28-40-13-21-46(60)22-14-40)51(63)49(55-53(65)67-35-43-7-3-1-4-8-43)37-69-70-38-50(56-54(66)68-36-44-9-5-2-6-10-44)52(64)58(33-29-41-15-23-47(61)24-16-41)34-30-42-17-25-48(62)26-18-42/h1-26,49-50,59-62H,27-38H2,(H,55,65)(H,56,66)/t49-,50?/m0/s1. The molecule has 0 saturated carbocycles. The van der Waals surface area contributed by atoms with Gasteiger partial charge in [0.1, 0.15) is 48.3 Å². The molecule has 0 aliphatic rings. The minimum atomic E-state index is -1.08. The van der Waals surface area contributed by atoms with Crippen molar-refractivity contribution in [3.8, 4) is 23.0 Å². The molecule has 1 unspecified atom stereocenters. The summed E-state index contributed by atoms with van der Waals surface area (Å²) in [5, 5.41) is 45.1. The van der Waals surface area contributed by atoms with Crippen LogP contribution in [0.15, 0.2) is 158 Å². The zero-order chi connectivity index (χ0) is 49.5. The van der Waals surface area contributed by atoms with Gasteiger partial charge in [0.15, 0.2) is 0 Å². The number of hydrogen-bond donors (Lipinski definition) is 6. The molecule has 0 radical (unpaired) electrons. The molecule has 0 fully saturated rings. The number of hydrogen-bond acceptors (Lipinski definition) is 12. The summed E-state index contributed by atoms with van der Waals surface area (Å²) in [6, 6.07) is 43.1. The van der Waals surface area contributed by atoms with E-state index in [4.69, 9.17) is 9.47 Å². The zero-order valence-electron chi connectivity index (χ0n) is 38.6. The molecular weight excluding hydrogens is 929 g/mol. The van der Waals surface area contributed by atoms with Crippen LogP contribution in [0.4, 0.5) is 9.59 Å². The van der Waals surface area contributed by atoms with E-state index in [1.54, 1.807) is 107 Å². The van der Waals surface area contributed by atoms with Crippen molar-refractivity contribution in [3.63, 3.8) is 0 Å². The van der Waals surface area contributed by atoms with E-state index >= 15 is 0 Å². The Kier molecular flexibility index (Phi) is 20.6. The van der Waals surface area contributed by atoms with Gasteiger partial charge in [-0.1, -0.05) is 131 Å². The summed E-state index contributed by atoms with van der Waals surface area (Å²) in [7, 11) is 2.49. The Morgan fingerprint density at radius 2 is 0.671 bits per heavy atom. The second kappa shape index (κ2) is 27.6. The van der Waals surface area contributed by atoms with Crippen LogP contribution in [0, 0.1) is 0 Å². The molecule has 2 atom stereocenters. The van der Waals surface area contributed by atoms with Crippen molar-refractivity contribution in [1.29, 1.82) is 0 Å². The Balaban J connectivity index is 1.20. The van der Waals surface area contributed by atoms with Crippen LogP contribution >= 0.6 is 21.6 Å². The number of aromatic hydroxyl groups is 4. The summed E-state index contributed by atoms with van der Waals surface area (Å²) in [5.41, 5.74) is 5.09. The highest BCUT2D eigenvalue weighted by molar-refractivity contribution is 8.76. The Morgan fingerprint density at radius 3 is 0.943 bits per heavy atom. The van der Waals surface area contributed by atoms with E-state index in [1.807, 2.05) is 60.7 Å². The molecule has 0 aromatic heterocycles. The number of nitrogens with zero attached hydrogens (tertiary/aromatic N) is 2. The molecule has 0 saturated heterocycles. The van der Waals surface area contributed by atoms with Crippen LogP contribution in [-0.2, 0) is 58.0 Å². The molecule has 6 aromatic rings. The van der Waals surface area contributed by atoms with Gasteiger partial charge in [-0.05, 0) is 108 Å². The molecule has 6 rings (SSSR count). The van der Waals surface area contributed by atoms with Gasteiger partial charge in [0, 0.05) is 37.7 Å². The third-order valence-corrected chi connectivity index (χ3v) is 13.6. The fourth-order valence-electron chi connectivity index (χ4n) is 7.21. The molecule has 4 amide bonds. The SMILES string of the molecule is O=C(NC(CSSC[C@H](NC(=O)OCc1ccccc1)C(=O)N(CCc1ccc(O)cc1)CCc1ccc(O)cc1)C(=O)N(CCc1ccc(O)cc1)CCc1ccc(O)cc1)OCc1ccccc1. The van der Waals surface area contributed by atoms with Crippen LogP contribution in [0.25, 0.3) is 0 Å². The van der Waals surface area contributed by atoms with Crippen molar-refractivity contribution in [2.24, 2.45) is 0 Å². The third kappa shape index (κ3) is 18.0. The number of benzene rings is 6. The highest BCUT2D eigenvalue weighted by Gasteiger charge is 2.30. The summed E-state index contributed by atoms with van der Waals surface area (Å²) in [4.78, 5) is 59.5. The van der Waals surface area contributed by atoms with Gasteiger partial charge in [-0.3, -0.25) is 9.59 Å². The van der Waals surface area contributed by atoms with E-state index in [-0.39, 0.29) is 85.7 Å². The molecule has 366 valence electrons. The molecule has 6 aromatic carbocycles. The largest absolute Gasteiger partial charge is 0.508 e. The number of alkyl carbamates (subject to hydrolysis) is 2. The summed E-state index contributed by atoms with van der Waals surface area (Å²) in [6.07, 6.45) is 0.249. The van der Waals surface area contributed by atoms with Crippen LogP contribution in [0.1, 0.15) is 33.4 Å². The fourth-order valence-corrected chi connectivity index (χ4v) is 9.52. The van der Waals surface area contributed by atoms with E-state index in [0.717, 1.165) is 33.4 Å². The van der Waals surface area contributed by atoms with E-state index in [0.29, 0.717) is 25.7 Å². The van der Waals surface area contributed by atoms with Gasteiger partial charge in [-0.15, -0.1) is 0 Å². The lowest BCUT2D eigenvalue weighted by Gasteiger charge is -2.29. The lowest BCUT2D eigenvalue weighted by molar-refractivity contribution is -0.133. The predicted molar refractivity (Wildman–Crippen MR) is 272 cm³/mol. The second-order valence-corrected chi connectivity index (χ2v) is 19.0.